The first-order valence-corrected chi connectivity index (χ1v) is 10.1. The number of carbonyl (C=O) groups is 4. The fourth-order valence-corrected chi connectivity index (χ4v) is 3.79. The van der Waals surface area contributed by atoms with Crippen LogP contribution in [0, 0.1) is 0 Å². The van der Waals surface area contributed by atoms with E-state index in [9.17, 15) is 19.2 Å². The zero-order chi connectivity index (χ0) is 21.0. The summed E-state index contributed by atoms with van der Waals surface area (Å²) in [4.78, 5) is 55.6. The van der Waals surface area contributed by atoms with E-state index in [0.717, 1.165) is 17.0 Å². The third-order valence-electron chi connectivity index (χ3n) is 5.68. The SMILES string of the molecule is CCN(C)C(C(=O)N1CCN(C(=O)CN2C(=O)CCC2=O)CC1)c1ccccc1. The summed E-state index contributed by atoms with van der Waals surface area (Å²) in [5.74, 6) is -0.792. The van der Waals surface area contributed by atoms with Crippen molar-refractivity contribution in [3.8, 4) is 0 Å². The molecule has 29 heavy (non-hydrogen) atoms. The Bertz CT molecular complexity index is 758. The van der Waals surface area contributed by atoms with E-state index in [2.05, 4.69) is 0 Å². The topological polar surface area (TPSA) is 81.2 Å². The number of rotatable bonds is 6. The molecule has 1 atom stereocenters. The number of carbonyl (C=O) groups excluding carboxylic acids is 4. The van der Waals surface area contributed by atoms with Crippen molar-refractivity contribution in [1.29, 1.82) is 0 Å². The van der Waals surface area contributed by atoms with Crippen LogP contribution in [0.4, 0.5) is 0 Å². The molecule has 0 aromatic heterocycles. The highest BCUT2D eigenvalue weighted by Crippen LogP contribution is 2.23. The quantitative estimate of drug-likeness (QED) is 0.650. The van der Waals surface area contributed by atoms with E-state index in [0.29, 0.717) is 26.2 Å². The van der Waals surface area contributed by atoms with E-state index in [1.54, 1.807) is 9.80 Å². The van der Waals surface area contributed by atoms with Gasteiger partial charge in [0.2, 0.25) is 23.6 Å². The molecule has 0 aliphatic carbocycles. The fourth-order valence-electron chi connectivity index (χ4n) is 3.79. The Balaban J connectivity index is 1.60. The number of amides is 4. The van der Waals surface area contributed by atoms with Crippen molar-refractivity contribution in [3.05, 3.63) is 35.9 Å². The maximum absolute atomic E-state index is 13.2. The van der Waals surface area contributed by atoms with Gasteiger partial charge in [-0.1, -0.05) is 37.3 Å². The fraction of sp³-hybridized carbons (Fsp3) is 0.524. The minimum atomic E-state index is -0.358. The predicted octanol–water partition coefficient (Wildman–Crippen LogP) is 0.499. The van der Waals surface area contributed by atoms with Crippen LogP contribution < -0.4 is 0 Å². The molecule has 1 unspecified atom stereocenters. The first-order chi connectivity index (χ1) is 13.9. The van der Waals surface area contributed by atoms with Gasteiger partial charge in [-0.3, -0.25) is 29.0 Å². The normalized spacial score (nSPS) is 18.5. The van der Waals surface area contributed by atoms with Gasteiger partial charge in [-0.15, -0.1) is 0 Å². The second-order valence-corrected chi connectivity index (χ2v) is 7.47. The third-order valence-corrected chi connectivity index (χ3v) is 5.68. The molecule has 0 saturated carbocycles. The van der Waals surface area contributed by atoms with E-state index in [-0.39, 0.29) is 49.1 Å². The average Bonchev–Trinajstić information content (AvgIpc) is 3.06. The average molecular weight is 400 g/mol. The molecule has 0 bridgehead atoms. The zero-order valence-electron chi connectivity index (χ0n) is 17.0. The van der Waals surface area contributed by atoms with Crippen molar-refractivity contribution in [2.75, 3.05) is 46.3 Å². The number of piperazine rings is 1. The summed E-state index contributed by atoms with van der Waals surface area (Å²) in [6.07, 6.45) is 0.362. The molecule has 2 fully saturated rings. The molecular weight excluding hydrogens is 372 g/mol. The number of nitrogens with zero attached hydrogens (tertiary/aromatic N) is 4. The van der Waals surface area contributed by atoms with Gasteiger partial charge in [-0.2, -0.15) is 0 Å². The first-order valence-electron chi connectivity index (χ1n) is 10.1. The van der Waals surface area contributed by atoms with Crippen molar-refractivity contribution in [2.24, 2.45) is 0 Å². The molecule has 1 aromatic rings. The lowest BCUT2D eigenvalue weighted by atomic mass is 10.0. The lowest BCUT2D eigenvalue weighted by Gasteiger charge is -2.38. The summed E-state index contributed by atoms with van der Waals surface area (Å²) in [6.45, 7) is 4.23. The molecule has 0 radical (unpaired) electrons. The Morgan fingerprint density at radius 2 is 1.52 bits per heavy atom. The molecule has 4 amide bonds. The molecule has 2 aliphatic rings. The Hall–Kier alpha value is -2.74. The Morgan fingerprint density at radius 1 is 0.966 bits per heavy atom. The van der Waals surface area contributed by atoms with Gasteiger partial charge >= 0.3 is 0 Å². The van der Waals surface area contributed by atoms with Crippen LogP contribution in [0.15, 0.2) is 30.3 Å². The molecule has 0 spiro atoms. The van der Waals surface area contributed by atoms with Crippen molar-refractivity contribution in [1.82, 2.24) is 19.6 Å². The molecule has 1 aromatic carbocycles. The molecule has 2 aliphatic heterocycles. The van der Waals surface area contributed by atoms with Gasteiger partial charge in [0, 0.05) is 39.0 Å². The number of hydrogen-bond donors (Lipinski definition) is 0. The lowest BCUT2D eigenvalue weighted by molar-refractivity contribution is -0.147. The molecule has 8 nitrogen and oxygen atoms in total. The molecule has 2 heterocycles. The van der Waals surface area contributed by atoms with Crippen LogP contribution in [0.25, 0.3) is 0 Å². The molecular formula is C21H28N4O4. The third kappa shape index (κ3) is 4.64. The highest BCUT2D eigenvalue weighted by Gasteiger charge is 2.34. The standard InChI is InChI=1S/C21H28N4O4/c1-3-22(2)20(16-7-5-4-6-8-16)21(29)24-13-11-23(12-14-24)19(28)15-25-17(26)9-10-18(25)27/h4-8,20H,3,9-15H2,1-2H3. The smallest absolute Gasteiger partial charge is 0.244 e. The van der Waals surface area contributed by atoms with E-state index in [1.165, 1.54) is 0 Å². The van der Waals surface area contributed by atoms with Crippen LogP contribution >= 0.6 is 0 Å². The van der Waals surface area contributed by atoms with Gasteiger partial charge in [-0.05, 0) is 19.2 Å². The Morgan fingerprint density at radius 3 is 2.07 bits per heavy atom. The molecule has 3 rings (SSSR count). The minimum absolute atomic E-state index is 0.0255. The highest BCUT2D eigenvalue weighted by atomic mass is 16.2. The van der Waals surface area contributed by atoms with Gasteiger partial charge in [-0.25, -0.2) is 0 Å². The number of likely N-dealkylation sites (tertiary alicyclic amines) is 1. The Labute approximate surface area is 171 Å². The van der Waals surface area contributed by atoms with Crippen molar-refractivity contribution in [3.63, 3.8) is 0 Å². The molecule has 0 N–H and O–H groups in total. The maximum atomic E-state index is 13.2. The highest BCUT2D eigenvalue weighted by molar-refractivity contribution is 6.04. The summed E-state index contributed by atoms with van der Waals surface area (Å²) >= 11 is 0. The Kier molecular flexibility index (Phi) is 6.64. The van der Waals surface area contributed by atoms with Gasteiger partial charge < -0.3 is 9.80 Å². The minimum Gasteiger partial charge on any atom is -0.338 e. The summed E-state index contributed by atoms with van der Waals surface area (Å²) in [6, 6.07) is 9.34. The van der Waals surface area contributed by atoms with Crippen molar-refractivity contribution < 1.29 is 19.2 Å². The van der Waals surface area contributed by atoms with E-state index >= 15 is 0 Å². The van der Waals surface area contributed by atoms with Crippen molar-refractivity contribution in [2.45, 2.75) is 25.8 Å². The van der Waals surface area contributed by atoms with Crippen LogP contribution in [-0.2, 0) is 19.2 Å². The van der Waals surface area contributed by atoms with Gasteiger partial charge in [0.1, 0.15) is 12.6 Å². The summed E-state index contributed by atoms with van der Waals surface area (Å²) < 4.78 is 0. The monoisotopic (exact) mass is 400 g/mol. The van der Waals surface area contributed by atoms with Crippen LogP contribution in [-0.4, -0.2) is 89.5 Å². The number of likely N-dealkylation sites (N-methyl/N-ethyl adjacent to an activating group) is 1. The predicted molar refractivity (Wildman–Crippen MR) is 107 cm³/mol. The van der Waals surface area contributed by atoms with E-state index in [1.807, 2.05) is 49.2 Å². The molecule has 2 saturated heterocycles. The molecule has 8 heteroatoms. The molecule has 156 valence electrons. The summed E-state index contributed by atoms with van der Waals surface area (Å²) in [5, 5.41) is 0. The van der Waals surface area contributed by atoms with E-state index < -0.39 is 0 Å². The summed E-state index contributed by atoms with van der Waals surface area (Å²) in [5.41, 5.74) is 0.950. The van der Waals surface area contributed by atoms with Crippen LogP contribution in [0.3, 0.4) is 0 Å². The first kappa shape index (κ1) is 21.0. The van der Waals surface area contributed by atoms with Gasteiger partial charge in [0.05, 0.1) is 0 Å². The number of imide groups is 1. The van der Waals surface area contributed by atoms with Crippen molar-refractivity contribution >= 4 is 23.6 Å². The summed E-state index contributed by atoms with van der Waals surface area (Å²) in [7, 11) is 1.93. The number of benzene rings is 1. The second kappa shape index (κ2) is 9.17. The zero-order valence-corrected chi connectivity index (χ0v) is 17.0. The number of hydrogen-bond acceptors (Lipinski definition) is 5. The lowest BCUT2D eigenvalue weighted by Crippen LogP contribution is -2.54. The largest absolute Gasteiger partial charge is 0.338 e. The second-order valence-electron chi connectivity index (χ2n) is 7.47. The van der Waals surface area contributed by atoms with Crippen LogP contribution in [0.5, 0.6) is 0 Å². The van der Waals surface area contributed by atoms with E-state index in [4.69, 9.17) is 0 Å². The van der Waals surface area contributed by atoms with Gasteiger partial charge in [0.15, 0.2) is 0 Å². The van der Waals surface area contributed by atoms with Gasteiger partial charge in [0.25, 0.3) is 0 Å². The van der Waals surface area contributed by atoms with Crippen LogP contribution in [0.2, 0.25) is 0 Å². The van der Waals surface area contributed by atoms with Crippen LogP contribution in [0.1, 0.15) is 31.4 Å². The maximum Gasteiger partial charge on any atom is 0.244 e.